The van der Waals surface area contributed by atoms with Crippen molar-refractivity contribution in [1.82, 2.24) is 5.32 Å². The molecule has 1 spiro atoms. The van der Waals surface area contributed by atoms with Crippen molar-refractivity contribution in [2.45, 2.75) is 37.8 Å². The number of nitrogens with one attached hydrogen (secondary N) is 1. The van der Waals surface area contributed by atoms with Crippen LogP contribution in [0.15, 0.2) is 0 Å². The third kappa shape index (κ3) is 0.898. The summed E-state index contributed by atoms with van der Waals surface area (Å²) in [7, 11) is 0. The second-order valence-corrected chi connectivity index (χ2v) is 4.89. The van der Waals surface area contributed by atoms with E-state index in [9.17, 15) is 0 Å². The number of terminal acetylenes is 1. The first-order valence-corrected chi connectivity index (χ1v) is 5.67. The summed E-state index contributed by atoms with van der Waals surface area (Å²) < 4.78 is 5.83. The summed E-state index contributed by atoms with van der Waals surface area (Å²) in [6, 6.07) is 0.653. The SMILES string of the molecule is C#CCNC1C2CCOC2C12CCC2. The van der Waals surface area contributed by atoms with Crippen LogP contribution < -0.4 is 5.32 Å². The molecule has 2 heteroatoms. The van der Waals surface area contributed by atoms with Crippen molar-refractivity contribution in [2.75, 3.05) is 13.2 Å². The third-order valence-corrected chi connectivity index (χ3v) is 4.46. The Labute approximate surface area is 85.4 Å². The highest BCUT2D eigenvalue weighted by Gasteiger charge is 2.66. The maximum atomic E-state index is 5.83. The predicted octanol–water partition coefficient (Wildman–Crippen LogP) is 1.17. The largest absolute Gasteiger partial charge is 0.377 e. The Hall–Kier alpha value is -0.520. The molecular weight excluding hydrogens is 174 g/mol. The van der Waals surface area contributed by atoms with Gasteiger partial charge < -0.3 is 10.1 Å². The Morgan fingerprint density at radius 3 is 3.00 bits per heavy atom. The first kappa shape index (κ1) is 8.76. The molecule has 0 aromatic carbocycles. The van der Waals surface area contributed by atoms with E-state index in [1.807, 2.05) is 0 Å². The van der Waals surface area contributed by atoms with Crippen LogP contribution in [0.3, 0.4) is 0 Å². The monoisotopic (exact) mass is 191 g/mol. The van der Waals surface area contributed by atoms with Gasteiger partial charge in [-0.25, -0.2) is 0 Å². The average molecular weight is 191 g/mol. The zero-order valence-electron chi connectivity index (χ0n) is 8.46. The molecular formula is C12H17NO. The molecule has 3 fully saturated rings. The van der Waals surface area contributed by atoms with Gasteiger partial charge in [-0.3, -0.25) is 0 Å². The van der Waals surface area contributed by atoms with Crippen LogP contribution in [0, 0.1) is 23.7 Å². The molecule has 76 valence electrons. The quantitative estimate of drug-likeness (QED) is 0.661. The Bertz CT molecular complexity index is 277. The van der Waals surface area contributed by atoms with E-state index in [0.717, 1.165) is 19.1 Å². The van der Waals surface area contributed by atoms with Crippen LogP contribution >= 0.6 is 0 Å². The van der Waals surface area contributed by atoms with Crippen molar-refractivity contribution in [3.05, 3.63) is 0 Å². The van der Waals surface area contributed by atoms with Gasteiger partial charge in [0.1, 0.15) is 0 Å². The van der Waals surface area contributed by atoms with Crippen molar-refractivity contribution in [2.24, 2.45) is 11.3 Å². The molecule has 0 bridgehead atoms. The van der Waals surface area contributed by atoms with Crippen LogP contribution in [0.1, 0.15) is 25.7 Å². The van der Waals surface area contributed by atoms with Gasteiger partial charge >= 0.3 is 0 Å². The van der Waals surface area contributed by atoms with Gasteiger partial charge in [-0.1, -0.05) is 12.3 Å². The summed E-state index contributed by atoms with van der Waals surface area (Å²) in [6.07, 6.45) is 11.2. The standard InChI is InChI=1S/C12H17NO/c1-2-7-13-10-9-4-8-14-11(9)12(10)5-3-6-12/h1,9-11,13H,3-8H2. The molecule has 0 aromatic rings. The fourth-order valence-corrected chi connectivity index (χ4v) is 3.73. The van der Waals surface area contributed by atoms with Gasteiger partial charge in [0.15, 0.2) is 0 Å². The number of ether oxygens (including phenoxy) is 1. The minimum absolute atomic E-state index is 0.484. The van der Waals surface area contributed by atoms with Gasteiger partial charge in [-0.2, -0.15) is 0 Å². The molecule has 3 atom stereocenters. The van der Waals surface area contributed by atoms with Gasteiger partial charge in [-0.05, 0) is 19.3 Å². The van der Waals surface area contributed by atoms with Gasteiger partial charge in [0.25, 0.3) is 0 Å². The second kappa shape index (κ2) is 2.98. The summed E-state index contributed by atoms with van der Waals surface area (Å²) in [5.41, 5.74) is 0.484. The van der Waals surface area contributed by atoms with Crippen molar-refractivity contribution in [3.63, 3.8) is 0 Å². The van der Waals surface area contributed by atoms with Gasteiger partial charge in [0, 0.05) is 24.0 Å². The lowest BCUT2D eigenvalue weighted by Gasteiger charge is -2.63. The number of hydrogen-bond acceptors (Lipinski definition) is 2. The fourth-order valence-electron chi connectivity index (χ4n) is 3.73. The van der Waals surface area contributed by atoms with Crippen molar-refractivity contribution < 1.29 is 4.74 Å². The van der Waals surface area contributed by atoms with Crippen molar-refractivity contribution in [3.8, 4) is 12.3 Å². The summed E-state index contributed by atoms with van der Waals surface area (Å²) in [5, 5.41) is 3.52. The number of hydrogen-bond donors (Lipinski definition) is 1. The molecule has 1 heterocycles. The highest BCUT2D eigenvalue weighted by molar-refractivity contribution is 5.18. The highest BCUT2D eigenvalue weighted by atomic mass is 16.5. The maximum absolute atomic E-state index is 5.83. The van der Waals surface area contributed by atoms with E-state index in [1.54, 1.807) is 0 Å². The molecule has 0 amide bonds. The van der Waals surface area contributed by atoms with E-state index >= 15 is 0 Å². The number of rotatable bonds is 2. The first-order chi connectivity index (χ1) is 6.88. The van der Waals surface area contributed by atoms with E-state index in [0.29, 0.717) is 17.6 Å². The molecule has 3 rings (SSSR count). The normalized spacial score (nSPS) is 42.4. The molecule has 1 aliphatic heterocycles. The zero-order valence-corrected chi connectivity index (χ0v) is 8.46. The second-order valence-electron chi connectivity index (χ2n) is 4.89. The van der Waals surface area contributed by atoms with E-state index in [4.69, 9.17) is 11.2 Å². The van der Waals surface area contributed by atoms with Crippen LogP contribution in [-0.2, 0) is 4.74 Å². The third-order valence-electron chi connectivity index (χ3n) is 4.46. The Kier molecular flexibility index (Phi) is 1.87. The summed E-state index contributed by atoms with van der Waals surface area (Å²) in [6.45, 7) is 1.68. The molecule has 2 nitrogen and oxygen atoms in total. The lowest BCUT2D eigenvalue weighted by Crippen LogP contribution is -2.71. The highest BCUT2D eigenvalue weighted by Crippen LogP contribution is 2.62. The first-order valence-electron chi connectivity index (χ1n) is 5.67. The van der Waals surface area contributed by atoms with E-state index in [-0.39, 0.29) is 0 Å². The van der Waals surface area contributed by atoms with Crippen LogP contribution in [0.2, 0.25) is 0 Å². The topological polar surface area (TPSA) is 21.3 Å². The molecule has 1 saturated heterocycles. The van der Waals surface area contributed by atoms with E-state index in [1.165, 1.54) is 25.7 Å². The van der Waals surface area contributed by atoms with Gasteiger partial charge in [0.05, 0.1) is 12.6 Å². The minimum Gasteiger partial charge on any atom is -0.377 e. The Morgan fingerprint density at radius 1 is 1.50 bits per heavy atom. The molecule has 2 aliphatic carbocycles. The maximum Gasteiger partial charge on any atom is 0.0690 e. The molecule has 1 N–H and O–H groups in total. The van der Waals surface area contributed by atoms with Crippen LogP contribution in [-0.4, -0.2) is 25.3 Å². The molecule has 3 aliphatic rings. The van der Waals surface area contributed by atoms with Gasteiger partial charge in [0.2, 0.25) is 0 Å². The van der Waals surface area contributed by atoms with Gasteiger partial charge in [-0.15, -0.1) is 6.42 Å². The lowest BCUT2D eigenvalue weighted by atomic mass is 9.46. The van der Waals surface area contributed by atoms with Crippen LogP contribution in [0.25, 0.3) is 0 Å². The van der Waals surface area contributed by atoms with Crippen LogP contribution in [0.4, 0.5) is 0 Å². The Morgan fingerprint density at radius 2 is 2.36 bits per heavy atom. The van der Waals surface area contributed by atoms with E-state index < -0.39 is 0 Å². The molecule has 3 unspecified atom stereocenters. The van der Waals surface area contributed by atoms with Crippen molar-refractivity contribution in [1.29, 1.82) is 0 Å². The molecule has 0 aromatic heterocycles. The zero-order chi connectivity index (χ0) is 9.60. The molecule has 0 radical (unpaired) electrons. The van der Waals surface area contributed by atoms with E-state index in [2.05, 4.69) is 11.2 Å². The van der Waals surface area contributed by atoms with Crippen molar-refractivity contribution >= 4 is 0 Å². The summed E-state index contributed by atoms with van der Waals surface area (Å²) >= 11 is 0. The lowest BCUT2D eigenvalue weighted by molar-refractivity contribution is -0.175. The summed E-state index contributed by atoms with van der Waals surface area (Å²) in [5.74, 6) is 3.43. The van der Waals surface area contributed by atoms with Crippen LogP contribution in [0.5, 0.6) is 0 Å². The minimum atomic E-state index is 0.484. The summed E-state index contributed by atoms with van der Waals surface area (Å²) in [4.78, 5) is 0. The molecule has 2 saturated carbocycles. The fraction of sp³-hybridized carbons (Fsp3) is 0.833. The molecule has 14 heavy (non-hydrogen) atoms. The number of fused-ring (bicyclic) bond motifs is 2. The smallest absolute Gasteiger partial charge is 0.0690 e. The predicted molar refractivity (Wildman–Crippen MR) is 54.8 cm³/mol. The Balaban J connectivity index is 1.73. The average Bonchev–Trinajstić information content (AvgIpc) is 2.49.